The number of hydrogen-bond acceptors (Lipinski definition) is 4. The minimum atomic E-state index is -1.40. The third-order valence-corrected chi connectivity index (χ3v) is 7.63. The molecule has 1 N–H and O–H groups in total. The van der Waals surface area contributed by atoms with E-state index in [1.165, 1.54) is 25.1 Å². The van der Waals surface area contributed by atoms with Crippen LogP contribution in [-0.2, 0) is 15.0 Å². The first-order chi connectivity index (χ1) is 16.9. The number of nitrogens with zero attached hydrogens (tertiary/aromatic N) is 1. The summed E-state index contributed by atoms with van der Waals surface area (Å²) >= 11 is 0. The van der Waals surface area contributed by atoms with Crippen molar-refractivity contribution in [1.29, 1.82) is 0 Å². The summed E-state index contributed by atoms with van der Waals surface area (Å²) in [5.74, 6) is -2.94. The number of hydrogen-bond donors (Lipinski definition) is 1. The van der Waals surface area contributed by atoms with E-state index in [2.05, 4.69) is 5.32 Å². The van der Waals surface area contributed by atoms with Gasteiger partial charge in [0.15, 0.2) is 11.6 Å². The molecule has 4 unspecified atom stereocenters. The smallest absolute Gasteiger partial charge is 0.238 e. The fraction of sp³-hybridized carbons (Fsp3) is 0.207. The number of benzene rings is 3. The lowest BCUT2D eigenvalue weighted by Crippen LogP contribution is -2.51. The van der Waals surface area contributed by atoms with Crippen LogP contribution in [0.1, 0.15) is 34.0 Å². The Morgan fingerprint density at radius 1 is 1.03 bits per heavy atom. The normalized spacial score (nSPS) is 25.7. The summed E-state index contributed by atoms with van der Waals surface area (Å²) in [6.45, 7) is 3.42. The Hall–Kier alpha value is -4.06. The van der Waals surface area contributed by atoms with Crippen LogP contribution in [0.15, 0.2) is 72.8 Å². The fourth-order valence-corrected chi connectivity index (χ4v) is 6.28. The van der Waals surface area contributed by atoms with Gasteiger partial charge in [0, 0.05) is 11.4 Å². The minimum absolute atomic E-state index is 0.117. The molecule has 174 valence electrons. The summed E-state index contributed by atoms with van der Waals surface area (Å²) in [5.41, 5.74) is 2.49. The zero-order valence-corrected chi connectivity index (χ0v) is 19.3. The lowest BCUT2D eigenvalue weighted by molar-refractivity contribution is -0.122. The van der Waals surface area contributed by atoms with Crippen LogP contribution in [0.3, 0.4) is 0 Å². The van der Waals surface area contributed by atoms with Crippen LogP contribution in [0.2, 0.25) is 0 Å². The molecular weight excluding hydrogens is 443 g/mol. The maximum atomic E-state index is 14.9. The van der Waals surface area contributed by atoms with Crippen molar-refractivity contribution in [2.24, 2.45) is 5.92 Å². The van der Waals surface area contributed by atoms with Gasteiger partial charge in [-0.1, -0.05) is 54.1 Å². The van der Waals surface area contributed by atoms with Crippen molar-refractivity contribution < 1.29 is 18.8 Å². The van der Waals surface area contributed by atoms with E-state index in [0.29, 0.717) is 11.3 Å². The van der Waals surface area contributed by atoms with Gasteiger partial charge in [0.2, 0.25) is 5.91 Å². The molecule has 1 amide bonds. The van der Waals surface area contributed by atoms with Gasteiger partial charge >= 0.3 is 0 Å². The zero-order valence-electron chi connectivity index (χ0n) is 19.3. The summed E-state index contributed by atoms with van der Waals surface area (Å²) in [5, 5.41) is 2.95. The van der Waals surface area contributed by atoms with Gasteiger partial charge in [0.1, 0.15) is 11.2 Å². The molecule has 1 saturated heterocycles. The molecule has 6 rings (SSSR count). The SMILES string of the molecule is CC(=O)C1C(C(=O)c2ccccc2F)C2(C(=O)Nc3ccccc32)C2C=Cc3cc(C)ccc3N12. The van der Waals surface area contributed by atoms with Crippen molar-refractivity contribution in [2.75, 3.05) is 10.2 Å². The molecular formula is C29H23FN2O3. The quantitative estimate of drug-likeness (QED) is 0.569. The monoisotopic (exact) mass is 466 g/mol. The Kier molecular flexibility index (Phi) is 4.58. The highest BCUT2D eigenvalue weighted by Gasteiger charge is 2.70. The van der Waals surface area contributed by atoms with E-state index >= 15 is 0 Å². The molecule has 3 aliphatic rings. The largest absolute Gasteiger partial charge is 0.352 e. The lowest BCUT2D eigenvalue weighted by Gasteiger charge is -2.37. The number of amides is 1. The van der Waals surface area contributed by atoms with Crippen molar-refractivity contribution in [2.45, 2.75) is 31.3 Å². The van der Waals surface area contributed by atoms with Gasteiger partial charge < -0.3 is 10.2 Å². The molecule has 5 nitrogen and oxygen atoms in total. The first-order valence-corrected chi connectivity index (χ1v) is 11.6. The molecule has 4 atom stereocenters. The third kappa shape index (κ3) is 2.77. The van der Waals surface area contributed by atoms with E-state index < -0.39 is 35.0 Å². The predicted molar refractivity (Wildman–Crippen MR) is 132 cm³/mol. The Bertz CT molecular complexity index is 1460. The molecule has 3 heterocycles. The van der Waals surface area contributed by atoms with Crippen LogP contribution < -0.4 is 10.2 Å². The molecule has 6 heteroatoms. The van der Waals surface area contributed by atoms with E-state index in [9.17, 15) is 18.8 Å². The number of ketones is 2. The third-order valence-electron chi connectivity index (χ3n) is 7.63. The molecule has 3 aromatic carbocycles. The number of Topliss-reactive ketones (excluding diaryl/α,β-unsaturated/α-hetero) is 2. The highest BCUT2D eigenvalue weighted by Crippen LogP contribution is 2.57. The number of para-hydroxylation sites is 1. The van der Waals surface area contributed by atoms with Gasteiger partial charge in [-0.3, -0.25) is 14.4 Å². The lowest BCUT2D eigenvalue weighted by atomic mass is 9.64. The molecule has 0 aromatic heterocycles. The second kappa shape index (κ2) is 7.47. The summed E-state index contributed by atoms with van der Waals surface area (Å²) in [4.78, 5) is 43.4. The van der Waals surface area contributed by atoms with Crippen molar-refractivity contribution in [3.05, 3.63) is 101 Å². The summed E-state index contributed by atoms with van der Waals surface area (Å²) in [7, 11) is 0. The number of nitrogens with one attached hydrogen (secondary N) is 1. The van der Waals surface area contributed by atoms with E-state index in [4.69, 9.17) is 0 Å². The molecule has 0 aliphatic carbocycles. The van der Waals surface area contributed by atoms with Crippen LogP contribution in [0, 0.1) is 18.7 Å². The maximum Gasteiger partial charge on any atom is 0.238 e. The molecule has 0 saturated carbocycles. The number of fused-ring (bicyclic) bond motifs is 6. The van der Waals surface area contributed by atoms with Gasteiger partial charge in [0.05, 0.1) is 23.6 Å². The van der Waals surface area contributed by atoms with Crippen LogP contribution >= 0.6 is 0 Å². The molecule has 0 bridgehead atoms. The maximum absolute atomic E-state index is 14.9. The van der Waals surface area contributed by atoms with E-state index in [0.717, 1.165) is 16.8 Å². The number of rotatable bonds is 3. The van der Waals surface area contributed by atoms with Crippen molar-refractivity contribution in [1.82, 2.24) is 0 Å². The Morgan fingerprint density at radius 3 is 2.54 bits per heavy atom. The van der Waals surface area contributed by atoms with Crippen molar-refractivity contribution >= 4 is 34.9 Å². The van der Waals surface area contributed by atoms with Gasteiger partial charge in [-0.15, -0.1) is 0 Å². The Morgan fingerprint density at radius 2 is 1.77 bits per heavy atom. The summed E-state index contributed by atoms with van der Waals surface area (Å²) < 4.78 is 14.9. The van der Waals surface area contributed by atoms with Crippen molar-refractivity contribution in [3.63, 3.8) is 0 Å². The van der Waals surface area contributed by atoms with Gasteiger partial charge in [-0.05, 0) is 55.3 Å². The molecule has 35 heavy (non-hydrogen) atoms. The Balaban J connectivity index is 1.67. The van der Waals surface area contributed by atoms with Crippen molar-refractivity contribution in [3.8, 4) is 0 Å². The average Bonchev–Trinajstić information content (AvgIpc) is 3.32. The zero-order chi connectivity index (χ0) is 24.5. The van der Waals surface area contributed by atoms with Gasteiger partial charge in [-0.2, -0.15) is 0 Å². The Labute approximate surface area is 202 Å². The van der Waals surface area contributed by atoms with E-state index in [1.807, 2.05) is 60.4 Å². The standard InChI is InChI=1S/C29H23FN2O3/c1-16-11-13-23-18(15-16)12-14-24-29(20-8-4-6-10-22(20)31-28(29)35)25(26(17(2)33)32(23)24)27(34)19-7-3-5-9-21(19)30/h3-15,24-26H,1-2H3,(H,31,35). The molecule has 1 fully saturated rings. The van der Waals surface area contributed by atoms with Crippen LogP contribution in [-0.4, -0.2) is 29.6 Å². The van der Waals surface area contributed by atoms with Gasteiger partial charge in [0.25, 0.3) is 0 Å². The molecule has 3 aliphatic heterocycles. The summed E-state index contributed by atoms with van der Waals surface area (Å²) in [6.07, 6.45) is 3.86. The van der Waals surface area contributed by atoms with Crippen LogP contribution in [0.5, 0.6) is 0 Å². The highest BCUT2D eigenvalue weighted by molar-refractivity contribution is 6.16. The topological polar surface area (TPSA) is 66.5 Å². The van der Waals surface area contributed by atoms with Crippen LogP contribution in [0.4, 0.5) is 15.8 Å². The first-order valence-electron chi connectivity index (χ1n) is 11.6. The molecule has 3 aromatic rings. The number of anilines is 2. The fourth-order valence-electron chi connectivity index (χ4n) is 6.28. The van der Waals surface area contributed by atoms with Gasteiger partial charge in [-0.25, -0.2) is 4.39 Å². The molecule has 1 spiro atoms. The number of halogens is 1. The minimum Gasteiger partial charge on any atom is -0.352 e. The number of carbonyl (C=O) groups excluding carboxylic acids is 3. The van der Waals surface area contributed by atoms with E-state index in [1.54, 1.807) is 12.1 Å². The second-order valence-corrected chi connectivity index (χ2v) is 9.52. The number of carbonyl (C=O) groups is 3. The second-order valence-electron chi connectivity index (χ2n) is 9.52. The van der Waals surface area contributed by atoms with E-state index in [-0.39, 0.29) is 17.3 Å². The average molecular weight is 467 g/mol. The van der Waals surface area contributed by atoms with Crippen LogP contribution in [0.25, 0.3) is 6.08 Å². The predicted octanol–water partition coefficient (Wildman–Crippen LogP) is 4.70. The first kappa shape index (κ1) is 21.5. The summed E-state index contributed by atoms with van der Waals surface area (Å²) in [6, 6.07) is 17.4. The molecule has 0 radical (unpaired) electrons. The highest BCUT2D eigenvalue weighted by atomic mass is 19.1. The number of aryl methyl sites for hydroxylation is 1.